The minimum atomic E-state index is -3.19. The topological polar surface area (TPSA) is 189 Å². The molecule has 0 aromatic heterocycles. The van der Waals surface area contributed by atoms with E-state index in [0.29, 0.717) is 11.1 Å². The average Bonchev–Trinajstić information content (AvgIpc) is 3.63. The number of hydrogen-bond donors (Lipinski definition) is 4. The Morgan fingerprint density at radius 2 is 1.86 bits per heavy atom. The van der Waals surface area contributed by atoms with Gasteiger partial charge in [0.2, 0.25) is 23.6 Å². The molecule has 2 saturated heterocycles. The molecule has 1 aromatic carbocycles. The summed E-state index contributed by atoms with van der Waals surface area (Å²) in [4.78, 5) is 75.7. The highest BCUT2D eigenvalue weighted by atomic mass is 19.3. The van der Waals surface area contributed by atoms with Crippen LogP contribution in [0, 0.1) is 17.2 Å². The van der Waals surface area contributed by atoms with Crippen LogP contribution in [0.15, 0.2) is 18.2 Å². The molecular formula is C27H30F2N6O7. The number of rotatable bonds is 10. The normalized spacial score (nSPS) is 22.2. The van der Waals surface area contributed by atoms with Gasteiger partial charge in [0.25, 0.3) is 11.8 Å². The van der Waals surface area contributed by atoms with Crippen molar-refractivity contribution in [3.63, 3.8) is 0 Å². The summed E-state index contributed by atoms with van der Waals surface area (Å²) in [6.45, 7) is -0.367. The van der Waals surface area contributed by atoms with Crippen molar-refractivity contribution >= 4 is 35.5 Å². The van der Waals surface area contributed by atoms with Crippen LogP contribution in [0.5, 0.6) is 0 Å². The van der Waals surface area contributed by atoms with Gasteiger partial charge in [-0.25, -0.2) is 8.78 Å². The van der Waals surface area contributed by atoms with Gasteiger partial charge in [0.1, 0.15) is 12.1 Å². The van der Waals surface area contributed by atoms with Gasteiger partial charge in [-0.05, 0) is 23.6 Å². The molecule has 1 aromatic rings. The molecule has 15 heteroatoms. The van der Waals surface area contributed by atoms with Gasteiger partial charge in [0.15, 0.2) is 0 Å². The van der Waals surface area contributed by atoms with Crippen molar-refractivity contribution < 1.29 is 42.7 Å². The molecule has 224 valence electrons. The van der Waals surface area contributed by atoms with E-state index in [1.807, 2.05) is 0 Å². The number of carbonyl (C=O) groups excluding carboxylic acids is 5. The van der Waals surface area contributed by atoms with E-state index in [1.54, 1.807) is 24.3 Å². The summed E-state index contributed by atoms with van der Waals surface area (Å²) >= 11 is 0. The molecule has 13 nitrogen and oxygen atoms in total. The number of aliphatic carboxylic acids is 1. The van der Waals surface area contributed by atoms with Gasteiger partial charge in [-0.2, -0.15) is 5.26 Å². The van der Waals surface area contributed by atoms with Crippen molar-refractivity contribution in [3.8, 4) is 6.07 Å². The van der Waals surface area contributed by atoms with Crippen LogP contribution in [0.4, 0.5) is 8.78 Å². The number of carbonyl (C=O) groups is 6. The monoisotopic (exact) mass is 588 g/mol. The number of nitriles is 1. The molecule has 0 spiro atoms. The molecular weight excluding hydrogens is 558 g/mol. The number of fused-ring (bicyclic) bond motifs is 1. The molecule has 0 radical (unpaired) electrons. The van der Waals surface area contributed by atoms with Gasteiger partial charge >= 0.3 is 5.97 Å². The molecule has 3 aliphatic rings. The molecule has 4 rings (SSSR count). The van der Waals surface area contributed by atoms with E-state index in [9.17, 15) is 37.5 Å². The quantitative estimate of drug-likeness (QED) is 0.273. The number of hydrogen-bond acceptors (Lipinski definition) is 7. The second-order valence-corrected chi connectivity index (χ2v) is 10.6. The zero-order valence-electron chi connectivity index (χ0n) is 22.5. The maximum absolute atomic E-state index is 13.8. The smallest absolute Gasteiger partial charge is 0.303 e. The van der Waals surface area contributed by atoms with Gasteiger partial charge in [0.05, 0.1) is 19.0 Å². The van der Waals surface area contributed by atoms with Gasteiger partial charge in [-0.1, -0.05) is 12.1 Å². The van der Waals surface area contributed by atoms with Crippen molar-refractivity contribution in [1.29, 1.82) is 5.26 Å². The molecule has 1 unspecified atom stereocenters. The summed E-state index contributed by atoms with van der Waals surface area (Å²) in [5.41, 5.74) is 1.73. The van der Waals surface area contributed by atoms with Gasteiger partial charge in [-0.3, -0.25) is 28.8 Å². The molecule has 42 heavy (non-hydrogen) atoms. The van der Waals surface area contributed by atoms with Crippen molar-refractivity contribution in [3.05, 3.63) is 34.9 Å². The lowest BCUT2D eigenvalue weighted by Gasteiger charge is -2.22. The van der Waals surface area contributed by atoms with Crippen molar-refractivity contribution in [2.45, 2.75) is 63.2 Å². The molecule has 4 N–H and O–H groups in total. The van der Waals surface area contributed by atoms with Gasteiger partial charge in [0, 0.05) is 56.9 Å². The third-order valence-corrected chi connectivity index (χ3v) is 7.51. The van der Waals surface area contributed by atoms with Gasteiger partial charge < -0.3 is 30.9 Å². The number of nitrogens with zero attached hydrogens (tertiary/aromatic N) is 3. The molecule has 3 aliphatic heterocycles. The third-order valence-electron chi connectivity index (χ3n) is 7.51. The lowest BCUT2D eigenvalue weighted by Crippen LogP contribution is -2.46. The van der Waals surface area contributed by atoms with E-state index < -0.39 is 66.5 Å². The molecule has 5 amide bonds. The van der Waals surface area contributed by atoms with E-state index in [0.717, 1.165) is 10.5 Å². The van der Waals surface area contributed by atoms with Crippen LogP contribution in [0.1, 0.15) is 53.6 Å². The SMILES string of the molecule is N#CC1CC(F)(F)CN1C(=O)[C@@H]1C[C@@H](CC(=O)N2Cc3cccc(C(=O)NCCNC(=O)CCC(=O)O)c3C2)C(=O)N1. The number of nitrogens with one attached hydrogen (secondary N) is 3. The molecule has 0 saturated carbocycles. The lowest BCUT2D eigenvalue weighted by molar-refractivity contribution is -0.138. The predicted molar refractivity (Wildman–Crippen MR) is 138 cm³/mol. The molecule has 3 atom stereocenters. The predicted octanol–water partition coefficient (Wildman–Crippen LogP) is -0.106. The fourth-order valence-electron chi connectivity index (χ4n) is 5.38. The Balaban J connectivity index is 1.28. The highest BCUT2D eigenvalue weighted by molar-refractivity contribution is 5.97. The minimum absolute atomic E-state index is 0.0646. The van der Waals surface area contributed by atoms with Crippen LogP contribution < -0.4 is 16.0 Å². The number of alkyl halides is 2. The minimum Gasteiger partial charge on any atom is -0.481 e. The highest BCUT2D eigenvalue weighted by Crippen LogP contribution is 2.34. The van der Waals surface area contributed by atoms with E-state index >= 15 is 0 Å². The summed E-state index contributed by atoms with van der Waals surface area (Å²) in [5, 5.41) is 25.5. The number of benzene rings is 1. The third kappa shape index (κ3) is 6.99. The van der Waals surface area contributed by atoms with E-state index in [4.69, 9.17) is 10.4 Å². The first kappa shape index (κ1) is 30.4. The first-order chi connectivity index (χ1) is 19.9. The Bertz CT molecular complexity index is 1350. The Morgan fingerprint density at radius 1 is 1.12 bits per heavy atom. The Hall–Kier alpha value is -4.61. The second-order valence-electron chi connectivity index (χ2n) is 10.6. The summed E-state index contributed by atoms with van der Waals surface area (Å²) in [7, 11) is 0. The fraction of sp³-hybridized carbons (Fsp3) is 0.519. The maximum Gasteiger partial charge on any atom is 0.303 e. The number of likely N-dealkylation sites (tertiary alicyclic amines) is 1. The highest BCUT2D eigenvalue weighted by Gasteiger charge is 2.50. The lowest BCUT2D eigenvalue weighted by atomic mass is 9.99. The standard InChI is InChI=1S/C27H30F2N6O7/c28-27(29)10-17(11-30)35(14-27)26(42)20-8-16(24(40)33-20)9-22(37)34-12-15-2-1-3-18(19(15)13-34)25(41)32-7-6-31-21(36)4-5-23(38)39/h1-3,16-17,20H,4-10,12-14H2,(H,31,36)(H,32,41)(H,33,40)(H,38,39)/t16-,17?,20-/m0/s1. The van der Waals surface area contributed by atoms with Crippen LogP contribution in [0.2, 0.25) is 0 Å². The van der Waals surface area contributed by atoms with Crippen LogP contribution >= 0.6 is 0 Å². The first-order valence-electron chi connectivity index (χ1n) is 13.4. The van der Waals surface area contributed by atoms with E-state index in [-0.39, 0.29) is 57.8 Å². The van der Waals surface area contributed by atoms with Crippen LogP contribution in [0.25, 0.3) is 0 Å². The number of amides is 5. The Kier molecular flexibility index (Phi) is 9.03. The molecule has 3 heterocycles. The van der Waals surface area contributed by atoms with Gasteiger partial charge in [-0.15, -0.1) is 0 Å². The molecule has 0 bridgehead atoms. The second kappa shape index (κ2) is 12.5. The van der Waals surface area contributed by atoms with Crippen molar-refractivity contribution in [2.24, 2.45) is 5.92 Å². The fourth-order valence-corrected chi connectivity index (χ4v) is 5.38. The zero-order chi connectivity index (χ0) is 30.6. The summed E-state index contributed by atoms with van der Waals surface area (Å²) in [6.07, 6.45) is -1.51. The van der Waals surface area contributed by atoms with Crippen LogP contribution in [-0.4, -0.2) is 88.1 Å². The maximum atomic E-state index is 13.8. The first-order valence-corrected chi connectivity index (χ1v) is 13.4. The summed E-state index contributed by atoms with van der Waals surface area (Å²) < 4.78 is 27.6. The molecule has 2 fully saturated rings. The summed E-state index contributed by atoms with van der Waals surface area (Å²) in [5.74, 6) is -7.69. The Morgan fingerprint density at radius 3 is 2.57 bits per heavy atom. The Labute approximate surface area is 239 Å². The molecule has 0 aliphatic carbocycles. The summed E-state index contributed by atoms with van der Waals surface area (Å²) in [6, 6.07) is 4.36. The van der Waals surface area contributed by atoms with Crippen LogP contribution in [0.3, 0.4) is 0 Å². The van der Waals surface area contributed by atoms with Crippen LogP contribution in [-0.2, 0) is 37.1 Å². The largest absolute Gasteiger partial charge is 0.481 e. The zero-order valence-corrected chi connectivity index (χ0v) is 22.5. The number of carboxylic acid groups (broad SMARTS) is 1. The van der Waals surface area contributed by atoms with E-state index in [2.05, 4.69) is 16.0 Å². The van der Waals surface area contributed by atoms with E-state index in [1.165, 1.54) is 4.90 Å². The number of halogens is 2. The van der Waals surface area contributed by atoms with Crippen molar-refractivity contribution in [2.75, 3.05) is 19.6 Å². The average molecular weight is 589 g/mol. The van der Waals surface area contributed by atoms with Crippen molar-refractivity contribution in [1.82, 2.24) is 25.8 Å². The number of carboxylic acids is 1.